The van der Waals surface area contributed by atoms with Crippen LogP contribution in [0.3, 0.4) is 0 Å². The standard InChI is InChI=1S/C19H17NO3/c1-14-12-17(15-8-4-2-5-9-15)20(18(21)13-14)19(22)23-16-10-6-3-7-11-16/h2-11,13,17H,12H2,1H3/t17-/m0/s1. The second kappa shape index (κ2) is 6.48. The van der Waals surface area contributed by atoms with Crippen molar-refractivity contribution in [2.45, 2.75) is 19.4 Å². The maximum absolute atomic E-state index is 12.5. The van der Waals surface area contributed by atoms with Crippen LogP contribution >= 0.6 is 0 Å². The van der Waals surface area contributed by atoms with Crippen LogP contribution in [0.4, 0.5) is 4.79 Å². The van der Waals surface area contributed by atoms with Crippen LogP contribution in [0.2, 0.25) is 0 Å². The van der Waals surface area contributed by atoms with Gasteiger partial charge in [-0.2, -0.15) is 0 Å². The van der Waals surface area contributed by atoms with E-state index >= 15 is 0 Å². The molecule has 2 amide bonds. The molecule has 0 aromatic heterocycles. The van der Waals surface area contributed by atoms with Crippen molar-refractivity contribution in [2.24, 2.45) is 0 Å². The Morgan fingerprint density at radius 2 is 1.65 bits per heavy atom. The minimum atomic E-state index is -0.654. The Bertz CT molecular complexity index is 738. The van der Waals surface area contributed by atoms with Crippen molar-refractivity contribution in [3.05, 3.63) is 77.9 Å². The molecular formula is C19H17NO3. The fourth-order valence-corrected chi connectivity index (χ4v) is 2.69. The Kier molecular flexibility index (Phi) is 4.24. The van der Waals surface area contributed by atoms with Crippen LogP contribution in [0.25, 0.3) is 0 Å². The first-order valence-electron chi connectivity index (χ1n) is 7.47. The van der Waals surface area contributed by atoms with Crippen LogP contribution in [-0.2, 0) is 4.79 Å². The summed E-state index contributed by atoms with van der Waals surface area (Å²) in [5.74, 6) is 0.0759. The van der Waals surface area contributed by atoms with Gasteiger partial charge >= 0.3 is 6.09 Å². The van der Waals surface area contributed by atoms with E-state index < -0.39 is 6.09 Å². The average molecular weight is 307 g/mol. The largest absolute Gasteiger partial charge is 0.422 e. The van der Waals surface area contributed by atoms with E-state index in [4.69, 9.17) is 4.74 Å². The summed E-state index contributed by atoms with van der Waals surface area (Å²) in [5.41, 5.74) is 1.87. The minimum absolute atomic E-state index is 0.343. The maximum atomic E-state index is 12.5. The Balaban J connectivity index is 1.90. The Labute approximate surface area is 135 Å². The predicted molar refractivity (Wildman–Crippen MR) is 86.9 cm³/mol. The summed E-state index contributed by atoms with van der Waals surface area (Å²) >= 11 is 0. The van der Waals surface area contributed by atoms with E-state index in [2.05, 4.69) is 0 Å². The molecule has 4 nitrogen and oxygen atoms in total. The maximum Gasteiger partial charge on any atom is 0.422 e. The number of hydrogen-bond acceptors (Lipinski definition) is 3. The van der Waals surface area contributed by atoms with Gasteiger partial charge in [-0.1, -0.05) is 54.1 Å². The molecule has 116 valence electrons. The average Bonchev–Trinajstić information content (AvgIpc) is 2.55. The Morgan fingerprint density at radius 1 is 1.04 bits per heavy atom. The van der Waals surface area contributed by atoms with E-state index in [9.17, 15) is 9.59 Å². The summed E-state index contributed by atoms with van der Waals surface area (Å²) in [6, 6.07) is 18.0. The molecule has 1 atom stereocenters. The molecule has 2 aromatic carbocycles. The Morgan fingerprint density at radius 3 is 2.30 bits per heavy atom. The number of rotatable bonds is 2. The molecule has 0 fully saturated rings. The molecule has 3 rings (SSSR count). The van der Waals surface area contributed by atoms with E-state index in [0.29, 0.717) is 12.2 Å². The van der Waals surface area contributed by atoms with E-state index in [-0.39, 0.29) is 11.9 Å². The first-order valence-corrected chi connectivity index (χ1v) is 7.47. The summed E-state index contributed by atoms with van der Waals surface area (Å²) in [7, 11) is 0. The van der Waals surface area contributed by atoms with Crippen LogP contribution in [0.15, 0.2) is 72.3 Å². The van der Waals surface area contributed by atoms with Crippen LogP contribution in [0, 0.1) is 0 Å². The third kappa shape index (κ3) is 3.31. The van der Waals surface area contributed by atoms with Gasteiger partial charge in [-0.15, -0.1) is 0 Å². The lowest BCUT2D eigenvalue weighted by Gasteiger charge is -2.32. The zero-order chi connectivity index (χ0) is 16.2. The molecule has 1 heterocycles. The number of carbonyl (C=O) groups is 2. The van der Waals surface area contributed by atoms with Crippen LogP contribution in [0.1, 0.15) is 24.9 Å². The molecule has 0 N–H and O–H groups in total. The van der Waals surface area contributed by atoms with Crippen molar-refractivity contribution in [2.75, 3.05) is 0 Å². The number of benzene rings is 2. The summed E-state index contributed by atoms with van der Waals surface area (Å²) in [4.78, 5) is 26.1. The lowest BCUT2D eigenvalue weighted by Crippen LogP contribution is -2.43. The molecule has 1 aliphatic rings. The minimum Gasteiger partial charge on any atom is -0.410 e. The highest BCUT2D eigenvalue weighted by atomic mass is 16.6. The SMILES string of the molecule is CC1=CC(=O)N(C(=O)Oc2ccccc2)[C@H](c2ccccc2)C1. The Hall–Kier alpha value is -2.88. The summed E-state index contributed by atoms with van der Waals surface area (Å²) in [6.45, 7) is 1.90. The van der Waals surface area contributed by atoms with E-state index in [1.54, 1.807) is 24.3 Å². The van der Waals surface area contributed by atoms with E-state index in [1.807, 2.05) is 43.3 Å². The van der Waals surface area contributed by atoms with Crippen molar-refractivity contribution < 1.29 is 14.3 Å². The van der Waals surface area contributed by atoms with Gasteiger partial charge in [-0.25, -0.2) is 9.69 Å². The molecule has 4 heteroatoms. The molecule has 0 bridgehead atoms. The smallest absolute Gasteiger partial charge is 0.410 e. The van der Waals surface area contributed by atoms with Crippen molar-refractivity contribution in [1.29, 1.82) is 0 Å². The third-order valence-corrected chi connectivity index (χ3v) is 3.76. The van der Waals surface area contributed by atoms with Gasteiger partial charge in [0.15, 0.2) is 0 Å². The highest BCUT2D eigenvalue weighted by molar-refractivity contribution is 6.00. The molecule has 0 radical (unpaired) electrons. The first-order chi connectivity index (χ1) is 11.1. The number of carbonyl (C=O) groups excluding carboxylic acids is 2. The third-order valence-electron chi connectivity index (χ3n) is 3.76. The number of nitrogens with zero attached hydrogens (tertiary/aromatic N) is 1. The lowest BCUT2D eigenvalue weighted by atomic mass is 9.95. The first kappa shape index (κ1) is 15.0. The van der Waals surface area contributed by atoms with E-state index in [1.165, 1.54) is 11.0 Å². The van der Waals surface area contributed by atoms with Gasteiger partial charge < -0.3 is 4.74 Å². The molecule has 0 unspecified atom stereocenters. The fraction of sp³-hybridized carbons (Fsp3) is 0.158. The van der Waals surface area contributed by atoms with E-state index in [0.717, 1.165) is 11.1 Å². The molecule has 2 aromatic rings. The highest BCUT2D eigenvalue weighted by Gasteiger charge is 2.34. The number of imide groups is 1. The molecule has 0 aliphatic carbocycles. The lowest BCUT2D eigenvalue weighted by molar-refractivity contribution is -0.126. The normalized spacial score (nSPS) is 17.6. The van der Waals surface area contributed by atoms with Crippen molar-refractivity contribution in [1.82, 2.24) is 4.90 Å². The predicted octanol–water partition coefficient (Wildman–Crippen LogP) is 4.11. The van der Waals surface area contributed by atoms with Gasteiger partial charge in [0.25, 0.3) is 5.91 Å². The zero-order valence-corrected chi connectivity index (χ0v) is 12.8. The molecule has 0 spiro atoms. The molecule has 0 saturated carbocycles. The fourth-order valence-electron chi connectivity index (χ4n) is 2.69. The number of amides is 2. The number of hydrogen-bond donors (Lipinski definition) is 0. The number of para-hydroxylation sites is 1. The van der Waals surface area contributed by atoms with Gasteiger partial charge in [0.1, 0.15) is 5.75 Å². The quantitative estimate of drug-likeness (QED) is 0.839. The summed E-state index contributed by atoms with van der Waals surface area (Å²) in [5, 5.41) is 0. The highest BCUT2D eigenvalue weighted by Crippen LogP contribution is 2.32. The van der Waals surface area contributed by atoms with Crippen molar-refractivity contribution in [3.8, 4) is 5.75 Å². The number of ether oxygens (including phenoxy) is 1. The second-order valence-electron chi connectivity index (χ2n) is 5.51. The molecule has 23 heavy (non-hydrogen) atoms. The van der Waals surface area contributed by atoms with Gasteiger partial charge in [0, 0.05) is 6.08 Å². The van der Waals surface area contributed by atoms with Crippen molar-refractivity contribution >= 4 is 12.0 Å². The summed E-state index contributed by atoms with van der Waals surface area (Å²) in [6.07, 6.45) is 1.45. The topological polar surface area (TPSA) is 46.6 Å². The van der Waals surface area contributed by atoms with Crippen LogP contribution in [0.5, 0.6) is 5.75 Å². The van der Waals surface area contributed by atoms with Gasteiger partial charge in [-0.3, -0.25) is 4.79 Å². The van der Waals surface area contributed by atoms with Gasteiger partial charge in [0.05, 0.1) is 6.04 Å². The second-order valence-corrected chi connectivity index (χ2v) is 5.51. The van der Waals surface area contributed by atoms with Crippen molar-refractivity contribution in [3.63, 3.8) is 0 Å². The molecule has 1 aliphatic heterocycles. The van der Waals surface area contributed by atoms with Crippen LogP contribution < -0.4 is 4.74 Å². The van der Waals surface area contributed by atoms with Gasteiger partial charge in [0.2, 0.25) is 0 Å². The monoisotopic (exact) mass is 307 g/mol. The van der Waals surface area contributed by atoms with Crippen LogP contribution in [-0.4, -0.2) is 16.9 Å². The van der Waals surface area contributed by atoms with Gasteiger partial charge in [-0.05, 0) is 31.0 Å². The molecule has 0 saturated heterocycles. The molecular weight excluding hydrogens is 290 g/mol. The summed E-state index contributed by atoms with van der Waals surface area (Å²) < 4.78 is 5.35. The zero-order valence-electron chi connectivity index (χ0n) is 12.8.